The highest BCUT2D eigenvalue weighted by molar-refractivity contribution is 5.93. The molecule has 27 heavy (non-hydrogen) atoms. The minimum Gasteiger partial charge on any atom is -0.384 e. The Balaban J connectivity index is 1.56. The van der Waals surface area contributed by atoms with Gasteiger partial charge in [-0.2, -0.15) is 0 Å². The fourth-order valence-corrected chi connectivity index (χ4v) is 4.39. The molecule has 4 rings (SSSR count). The lowest BCUT2D eigenvalue weighted by Gasteiger charge is -2.38. The number of amides is 1. The molecule has 2 fully saturated rings. The van der Waals surface area contributed by atoms with Crippen molar-refractivity contribution in [2.24, 2.45) is 5.92 Å². The molecule has 144 valence electrons. The second kappa shape index (κ2) is 7.35. The van der Waals surface area contributed by atoms with Gasteiger partial charge in [-0.05, 0) is 55.7 Å². The number of rotatable bonds is 6. The lowest BCUT2D eigenvalue weighted by molar-refractivity contribution is -0.129. The van der Waals surface area contributed by atoms with Crippen molar-refractivity contribution in [3.63, 3.8) is 0 Å². The maximum Gasteiger partial charge on any atom is 0.246 e. The first-order chi connectivity index (χ1) is 13.1. The number of carbonyl (C=O) groups excluding carboxylic acids is 1. The molecular weight excluding hydrogens is 340 g/mol. The van der Waals surface area contributed by atoms with Crippen molar-refractivity contribution in [3.8, 4) is 0 Å². The molecule has 1 amide bonds. The van der Waals surface area contributed by atoms with Gasteiger partial charge in [0.25, 0.3) is 0 Å². The SMILES string of the molecule is C=CC(=O)N1C[C@H](Nc2ccnc3[nH]cc([C@@H]4C[C@H]4COC)c23)CC[C@@H]1C. The summed E-state index contributed by atoms with van der Waals surface area (Å²) in [6, 6.07) is 2.54. The van der Waals surface area contributed by atoms with Gasteiger partial charge in [-0.3, -0.25) is 4.79 Å². The molecule has 2 aromatic heterocycles. The Morgan fingerprint density at radius 1 is 1.52 bits per heavy atom. The maximum atomic E-state index is 12.1. The summed E-state index contributed by atoms with van der Waals surface area (Å²) in [6.07, 6.45) is 8.54. The molecule has 1 saturated carbocycles. The quantitative estimate of drug-likeness (QED) is 0.768. The van der Waals surface area contributed by atoms with Crippen molar-refractivity contribution in [1.29, 1.82) is 0 Å². The zero-order valence-corrected chi connectivity index (χ0v) is 16.1. The largest absolute Gasteiger partial charge is 0.384 e. The molecule has 0 aromatic carbocycles. The van der Waals surface area contributed by atoms with Crippen LogP contribution in [-0.4, -0.2) is 53.1 Å². The van der Waals surface area contributed by atoms with E-state index in [0.717, 1.165) is 37.2 Å². The molecule has 2 N–H and O–H groups in total. The van der Waals surface area contributed by atoms with Gasteiger partial charge in [0, 0.05) is 55.8 Å². The van der Waals surface area contributed by atoms with Gasteiger partial charge in [0.2, 0.25) is 5.91 Å². The Labute approximate surface area is 160 Å². The zero-order chi connectivity index (χ0) is 19.0. The highest BCUT2D eigenvalue weighted by atomic mass is 16.5. The van der Waals surface area contributed by atoms with E-state index in [1.807, 2.05) is 17.2 Å². The molecule has 0 radical (unpaired) electrons. The molecule has 3 heterocycles. The Kier molecular flexibility index (Phi) is 4.91. The standard InChI is InChI=1S/C21H28N4O2/c1-4-19(26)25-11-15(6-5-13(25)2)24-18-7-8-22-21-20(18)17(10-23-21)16-9-14(16)12-27-3/h4,7-8,10,13-16H,1,5-6,9,11-12H2,2-3H3,(H2,22,23,24)/t13-,14-,15+,16+/m0/s1. The maximum absolute atomic E-state index is 12.1. The fourth-order valence-electron chi connectivity index (χ4n) is 4.39. The first kappa shape index (κ1) is 18.0. The molecule has 1 saturated heterocycles. The Morgan fingerprint density at radius 2 is 2.37 bits per heavy atom. The van der Waals surface area contributed by atoms with Crippen LogP contribution < -0.4 is 5.32 Å². The number of fused-ring (bicyclic) bond motifs is 1. The van der Waals surface area contributed by atoms with Crippen molar-refractivity contribution < 1.29 is 9.53 Å². The highest BCUT2D eigenvalue weighted by Gasteiger charge is 2.40. The summed E-state index contributed by atoms with van der Waals surface area (Å²) >= 11 is 0. The van der Waals surface area contributed by atoms with E-state index < -0.39 is 0 Å². The van der Waals surface area contributed by atoms with Crippen molar-refractivity contribution >= 4 is 22.6 Å². The summed E-state index contributed by atoms with van der Waals surface area (Å²) in [7, 11) is 1.76. The van der Waals surface area contributed by atoms with Gasteiger partial charge in [0.15, 0.2) is 0 Å². The van der Waals surface area contributed by atoms with Gasteiger partial charge in [0.05, 0.1) is 0 Å². The third-order valence-corrected chi connectivity index (χ3v) is 6.01. The number of nitrogens with one attached hydrogen (secondary N) is 2. The third kappa shape index (κ3) is 3.46. The van der Waals surface area contributed by atoms with E-state index in [9.17, 15) is 4.79 Å². The van der Waals surface area contributed by atoms with Crippen LogP contribution in [0.5, 0.6) is 0 Å². The number of hydrogen-bond donors (Lipinski definition) is 2. The van der Waals surface area contributed by atoms with Crippen LogP contribution in [0.15, 0.2) is 31.1 Å². The molecule has 0 unspecified atom stereocenters. The molecular formula is C21H28N4O2. The number of carbonyl (C=O) groups is 1. The lowest BCUT2D eigenvalue weighted by atomic mass is 9.98. The smallest absolute Gasteiger partial charge is 0.246 e. The molecule has 1 aliphatic heterocycles. The van der Waals surface area contributed by atoms with E-state index in [-0.39, 0.29) is 18.0 Å². The number of piperidine rings is 1. The molecule has 4 atom stereocenters. The lowest BCUT2D eigenvalue weighted by Crippen LogP contribution is -2.49. The van der Waals surface area contributed by atoms with Crippen LogP contribution in [0.2, 0.25) is 0 Å². The molecule has 2 aromatic rings. The summed E-state index contributed by atoms with van der Waals surface area (Å²) < 4.78 is 5.33. The van der Waals surface area contributed by atoms with Gasteiger partial charge in [-0.15, -0.1) is 0 Å². The molecule has 1 aliphatic carbocycles. The first-order valence-electron chi connectivity index (χ1n) is 9.76. The summed E-state index contributed by atoms with van der Waals surface area (Å²) in [6.45, 7) is 7.25. The zero-order valence-electron chi connectivity index (χ0n) is 16.1. The molecule has 0 bridgehead atoms. The van der Waals surface area contributed by atoms with Gasteiger partial charge >= 0.3 is 0 Å². The van der Waals surface area contributed by atoms with E-state index in [2.05, 4.69) is 35.0 Å². The second-order valence-corrected chi connectivity index (χ2v) is 7.85. The van der Waals surface area contributed by atoms with E-state index >= 15 is 0 Å². The molecule has 6 nitrogen and oxygen atoms in total. The number of H-pyrrole nitrogens is 1. The van der Waals surface area contributed by atoms with E-state index in [1.54, 1.807) is 7.11 Å². The fraction of sp³-hybridized carbons (Fsp3) is 0.524. The third-order valence-electron chi connectivity index (χ3n) is 6.01. The van der Waals surface area contributed by atoms with E-state index in [4.69, 9.17) is 4.74 Å². The minimum absolute atomic E-state index is 0.0107. The molecule has 6 heteroatoms. The molecule has 0 spiro atoms. The van der Waals surface area contributed by atoms with Crippen LogP contribution in [0.3, 0.4) is 0 Å². The van der Waals surface area contributed by atoms with Crippen LogP contribution in [0, 0.1) is 5.92 Å². The number of anilines is 1. The second-order valence-electron chi connectivity index (χ2n) is 7.85. The number of likely N-dealkylation sites (tertiary alicyclic amines) is 1. The van der Waals surface area contributed by atoms with Gasteiger partial charge in [-0.25, -0.2) is 4.98 Å². The Morgan fingerprint density at radius 3 is 3.15 bits per heavy atom. The van der Waals surface area contributed by atoms with Crippen LogP contribution in [0.25, 0.3) is 11.0 Å². The number of aromatic nitrogens is 2. The van der Waals surface area contributed by atoms with Crippen LogP contribution >= 0.6 is 0 Å². The summed E-state index contributed by atoms with van der Waals surface area (Å²) in [5.41, 5.74) is 3.34. The number of methoxy groups -OCH3 is 1. The summed E-state index contributed by atoms with van der Waals surface area (Å²) in [5.74, 6) is 1.14. The number of aromatic amines is 1. The van der Waals surface area contributed by atoms with Crippen LogP contribution in [0.1, 0.15) is 37.7 Å². The van der Waals surface area contributed by atoms with Gasteiger partial charge in [0.1, 0.15) is 5.65 Å². The summed E-state index contributed by atoms with van der Waals surface area (Å²) in [4.78, 5) is 21.9. The normalized spacial score (nSPS) is 27.6. The van der Waals surface area contributed by atoms with Crippen LogP contribution in [-0.2, 0) is 9.53 Å². The van der Waals surface area contributed by atoms with E-state index in [1.165, 1.54) is 17.0 Å². The topological polar surface area (TPSA) is 70.2 Å². The summed E-state index contributed by atoms with van der Waals surface area (Å²) in [5, 5.41) is 4.87. The van der Waals surface area contributed by atoms with Gasteiger partial charge in [-0.1, -0.05) is 6.58 Å². The van der Waals surface area contributed by atoms with Crippen molar-refractivity contribution in [1.82, 2.24) is 14.9 Å². The predicted molar refractivity (Wildman–Crippen MR) is 107 cm³/mol. The average molecular weight is 368 g/mol. The van der Waals surface area contributed by atoms with Crippen molar-refractivity contribution in [2.45, 2.75) is 44.2 Å². The molecule has 2 aliphatic rings. The highest BCUT2D eigenvalue weighted by Crippen LogP contribution is 2.50. The first-order valence-corrected chi connectivity index (χ1v) is 9.76. The van der Waals surface area contributed by atoms with Crippen LogP contribution in [0.4, 0.5) is 5.69 Å². The van der Waals surface area contributed by atoms with E-state index in [0.29, 0.717) is 18.4 Å². The van der Waals surface area contributed by atoms with Crippen molar-refractivity contribution in [3.05, 3.63) is 36.7 Å². The van der Waals surface area contributed by atoms with Gasteiger partial charge < -0.3 is 19.9 Å². The monoisotopic (exact) mass is 368 g/mol. The predicted octanol–water partition coefficient (Wildman–Crippen LogP) is 3.29. The number of hydrogen-bond acceptors (Lipinski definition) is 4. The van der Waals surface area contributed by atoms with Crippen molar-refractivity contribution in [2.75, 3.05) is 25.6 Å². The number of pyridine rings is 1. The average Bonchev–Trinajstić information content (AvgIpc) is 3.30. The number of nitrogens with zero attached hydrogens (tertiary/aromatic N) is 2. The number of ether oxygens (including phenoxy) is 1. The Hall–Kier alpha value is -2.34. The minimum atomic E-state index is 0.0107. The Bertz CT molecular complexity index is 846.